The topological polar surface area (TPSA) is 42.7 Å². The van der Waals surface area contributed by atoms with Crippen LogP contribution in [0.25, 0.3) is 0 Å². The first-order valence-corrected chi connectivity index (χ1v) is 5.42. The summed E-state index contributed by atoms with van der Waals surface area (Å²) in [6.07, 6.45) is 1.48. The molecule has 4 nitrogen and oxygen atoms in total. The average molecular weight is 234 g/mol. The van der Waals surface area contributed by atoms with Gasteiger partial charge in [0.15, 0.2) is 0 Å². The van der Waals surface area contributed by atoms with Crippen LogP contribution in [0.2, 0.25) is 0 Å². The zero-order valence-electron chi connectivity index (χ0n) is 10.2. The molecule has 0 fully saturated rings. The molecule has 0 aromatic carbocycles. The lowest BCUT2D eigenvalue weighted by atomic mass is 10.2. The monoisotopic (exact) mass is 234 g/mol. The van der Waals surface area contributed by atoms with Gasteiger partial charge in [-0.3, -0.25) is 4.68 Å². The number of nitrogens with one attached hydrogen (secondary N) is 1. The predicted molar refractivity (Wildman–Crippen MR) is 64.2 cm³/mol. The van der Waals surface area contributed by atoms with Gasteiger partial charge in [-0.05, 0) is 26.0 Å². The van der Waals surface area contributed by atoms with Crippen LogP contribution in [0.3, 0.4) is 0 Å². The number of halogens is 1. The van der Waals surface area contributed by atoms with Crippen LogP contribution in [-0.4, -0.2) is 14.8 Å². The van der Waals surface area contributed by atoms with E-state index < -0.39 is 5.95 Å². The summed E-state index contributed by atoms with van der Waals surface area (Å²) in [7, 11) is 1.92. The Labute approximate surface area is 99.5 Å². The van der Waals surface area contributed by atoms with Crippen LogP contribution in [0.4, 0.5) is 10.1 Å². The lowest BCUT2D eigenvalue weighted by molar-refractivity contribution is 0.584. The molecule has 2 aromatic heterocycles. The van der Waals surface area contributed by atoms with Crippen molar-refractivity contribution in [3.63, 3.8) is 0 Å². The van der Waals surface area contributed by atoms with E-state index in [0.29, 0.717) is 6.54 Å². The van der Waals surface area contributed by atoms with E-state index in [1.54, 1.807) is 6.07 Å². The molecule has 1 N–H and O–H groups in total. The quantitative estimate of drug-likeness (QED) is 0.828. The van der Waals surface area contributed by atoms with E-state index in [1.807, 2.05) is 25.6 Å². The minimum Gasteiger partial charge on any atom is -0.380 e. The highest BCUT2D eigenvalue weighted by Gasteiger charge is 2.08. The minimum atomic E-state index is -0.468. The highest BCUT2D eigenvalue weighted by atomic mass is 19.1. The molecule has 0 atom stereocenters. The van der Waals surface area contributed by atoms with E-state index in [-0.39, 0.29) is 0 Å². The third-order valence-corrected chi connectivity index (χ3v) is 2.86. The van der Waals surface area contributed by atoms with E-state index in [2.05, 4.69) is 15.4 Å². The molecule has 2 heterocycles. The van der Waals surface area contributed by atoms with Gasteiger partial charge in [-0.2, -0.15) is 9.49 Å². The van der Waals surface area contributed by atoms with Crippen molar-refractivity contribution in [2.24, 2.45) is 7.05 Å². The van der Waals surface area contributed by atoms with Crippen LogP contribution in [0.15, 0.2) is 18.3 Å². The van der Waals surface area contributed by atoms with E-state index in [4.69, 9.17) is 0 Å². The molecule has 90 valence electrons. The zero-order chi connectivity index (χ0) is 12.4. The first-order valence-electron chi connectivity index (χ1n) is 5.42. The van der Waals surface area contributed by atoms with Crippen LogP contribution < -0.4 is 5.32 Å². The number of hydrogen-bond acceptors (Lipinski definition) is 3. The molecular formula is C12H15FN4. The Balaban J connectivity index is 2.09. The first kappa shape index (κ1) is 11.6. The Bertz CT molecular complexity index is 516. The molecule has 0 radical (unpaired) electrons. The highest BCUT2D eigenvalue weighted by molar-refractivity contribution is 5.41. The molecule has 0 aliphatic heterocycles. The normalized spacial score (nSPS) is 10.6. The summed E-state index contributed by atoms with van der Waals surface area (Å²) in [5.41, 5.74) is 4.10. The van der Waals surface area contributed by atoms with E-state index in [1.165, 1.54) is 12.3 Å². The maximum atomic E-state index is 12.6. The Hall–Kier alpha value is -1.91. The van der Waals surface area contributed by atoms with E-state index in [9.17, 15) is 4.39 Å². The number of aryl methyl sites for hydroxylation is 2. The van der Waals surface area contributed by atoms with Gasteiger partial charge in [0.1, 0.15) is 0 Å². The summed E-state index contributed by atoms with van der Waals surface area (Å²) in [6, 6.07) is 3.01. The summed E-state index contributed by atoms with van der Waals surface area (Å²) in [5, 5.41) is 7.54. The number of rotatable bonds is 3. The molecule has 0 aliphatic carbocycles. The molecule has 0 spiro atoms. The number of hydrogen-bond donors (Lipinski definition) is 1. The molecule has 0 aliphatic rings. The Morgan fingerprint density at radius 3 is 2.65 bits per heavy atom. The van der Waals surface area contributed by atoms with Crippen molar-refractivity contribution in [2.45, 2.75) is 20.4 Å². The van der Waals surface area contributed by atoms with Crippen LogP contribution in [-0.2, 0) is 13.6 Å². The van der Waals surface area contributed by atoms with Crippen LogP contribution in [0, 0.1) is 19.8 Å². The first-order chi connectivity index (χ1) is 8.08. The smallest absolute Gasteiger partial charge is 0.212 e. The molecular weight excluding hydrogens is 219 g/mol. The standard InChI is InChI=1S/C12H15FN4/c1-8-11(9(2)17(3)16-8)7-14-10-4-5-12(13)15-6-10/h4-6,14H,7H2,1-3H3. The summed E-state index contributed by atoms with van der Waals surface area (Å²) < 4.78 is 14.5. The fraction of sp³-hybridized carbons (Fsp3) is 0.333. The summed E-state index contributed by atoms with van der Waals surface area (Å²) >= 11 is 0. The molecule has 5 heteroatoms. The SMILES string of the molecule is Cc1nn(C)c(C)c1CNc1ccc(F)nc1. The van der Waals surface area contributed by atoms with Gasteiger partial charge in [-0.25, -0.2) is 4.98 Å². The van der Waals surface area contributed by atoms with Crippen LogP contribution in [0.5, 0.6) is 0 Å². The second kappa shape index (κ2) is 4.53. The van der Waals surface area contributed by atoms with Gasteiger partial charge in [0.2, 0.25) is 5.95 Å². The molecule has 17 heavy (non-hydrogen) atoms. The Morgan fingerprint density at radius 1 is 1.35 bits per heavy atom. The number of anilines is 1. The Kier molecular flexibility index (Phi) is 3.08. The van der Waals surface area contributed by atoms with Crippen molar-refractivity contribution in [1.29, 1.82) is 0 Å². The third-order valence-electron chi connectivity index (χ3n) is 2.86. The summed E-state index contributed by atoms with van der Waals surface area (Å²) in [6.45, 7) is 4.67. The third kappa shape index (κ3) is 2.43. The van der Waals surface area contributed by atoms with Gasteiger partial charge in [-0.15, -0.1) is 0 Å². The lowest BCUT2D eigenvalue weighted by Crippen LogP contribution is -2.02. The van der Waals surface area contributed by atoms with Crippen molar-refractivity contribution in [3.05, 3.63) is 41.2 Å². The van der Waals surface area contributed by atoms with Crippen molar-refractivity contribution in [2.75, 3.05) is 5.32 Å². The van der Waals surface area contributed by atoms with Crippen LogP contribution in [0.1, 0.15) is 17.0 Å². The van der Waals surface area contributed by atoms with Gasteiger partial charge in [0.25, 0.3) is 0 Å². The molecule has 0 bridgehead atoms. The average Bonchev–Trinajstić information content (AvgIpc) is 2.54. The molecule has 0 unspecified atom stereocenters. The number of aromatic nitrogens is 3. The maximum Gasteiger partial charge on any atom is 0.212 e. The van der Waals surface area contributed by atoms with E-state index >= 15 is 0 Å². The molecule has 2 aromatic rings. The lowest BCUT2D eigenvalue weighted by Gasteiger charge is -2.06. The summed E-state index contributed by atoms with van der Waals surface area (Å²) in [5.74, 6) is -0.468. The maximum absolute atomic E-state index is 12.6. The molecule has 0 saturated carbocycles. The number of nitrogens with zero attached hydrogens (tertiary/aromatic N) is 3. The van der Waals surface area contributed by atoms with Crippen molar-refractivity contribution in [1.82, 2.24) is 14.8 Å². The van der Waals surface area contributed by atoms with Crippen molar-refractivity contribution < 1.29 is 4.39 Å². The van der Waals surface area contributed by atoms with Gasteiger partial charge >= 0.3 is 0 Å². The fourth-order valence-corrected chi connectivity index (χ4v) is 1.74. The molecule has 2 rings (SSSR count). The second-order valence-electron chi connectivity index (χ2n) is 4.00. The fourth-order valence-electron chi connectivity index (χ4n) is 1.74. The van der Waals surface area contributed by atoms with Crippen molar-refractivity contribution >= 4 is 5.69 Å². The van der Waals surface area contributed by atoms with Crippen molar-refractivity contribution in [3.8, 4) is 0 Å². The predicted octanol–water partition coefficient (Wildman–Crippen LogP) is 2.18. The molecule has 0 saturated heterocycles. The second-order valence-corrected chi connectivity index (χ2v) is 4.00. The van der Waals surface area contributed by atoms with Gasteiger partial charge in [0.05, 0.1) is 17.6 Å². The van der Waals surface area contributed by atoms with Gasteiger partial charge < -0.3 is 5.32 Å². The van der Waals surface area contributed by atoms with Gasteiger partial charge in [0, 0.05) is 24.8 Å². The molecule has 0 amide bonds. The Morgan fingerprint density at radius 2 is 2.12 bits per heavy atom. The summed E-state index contributed by atoms with van der Waals surface area (Å²) in [4.78, 5) is 3.59. The van der Waals surface area contributed by atoms with Gasteiger partial charge in [-0.1, -0.05) is 0 Å². The minimum absolute atomic E-state index is 0.468. The highest BCUT2D eigenvalue weighted by Crippen LogP contribution is 2.14. The van der Waals surface area contributed by atoms with Crippen LogP contribution >= 0.6 is 0 Å². The largest absolute Gasteiger partial charge is 0.380 e. The zero-order valence-corrected chi connectivity index (χ0v) is 10.2. The van der Waals surface area contributed by atoms with E-state index in [0.717, 1.165) is 22.6 Å². The number of pyridine rings is 1.